The molecule has 0 heterocycles. The van der Waals surface area contributed by atoms with E-state index in [0.717, 1.165) is 12.1 Å². The van der Waals surface area contributed by atoms with Crippen LogP contribution in [0.1, 0.15) is 25.3 Å². The molecular formula is C15H18FNO6. The molecule has 0 bridgehead atoms. The Morgan fingerprint density at radius 1 is 1.13 bits per heavy atom. The molecule has 7 nitrogen and oxygen atoms in total. The number of ether oxygens (including phenoxy) is 2. The molecule has 0 aliphatic carbocycles. The summed E-state index contributed by atoms with van der Waals surface area (Å²) < 4.78 is 22.7. The number of hydrogen-bond donors (Lipinski definition) is 0. The Balaban J connectivity index is 3.24. The third-order valence-corrected chi connectivity index (χ3v) is 3.13. The lowest BCUT2D eigenvalue weighted by Gasteiger charge is -2.21. The van der Waals surface area contributed by atoms with E-state index in [1.54, 1.807) is 13.8 Å². The second kappa shape index (κ2) is 8.82. The smallest absolute Gasteiger partial charge is 0.321 e. The lowest BCUT2D eigenvalue weighted by molar-refractivity contribution is -0.484. The third-order valence-electron chi connectivity index (χ3n) is 3.13. The van der Waals surface area contributed by atoms with Crippen LogP contribution in [0, 0.1) is 21.8 Å². The Labute approximate surface area is 132 Å². The van der Waals surface area contributed by atoms with E-state index in [-0.39, 0.29) is 18.8 Å². The number of nitro groups is 1. The maximum atomic E-state index is 13.1. The lowest BCUT2D eigenvalue weighted by atomic mass is 9.85. The molecule has 0 aliphatic heterocycles. The summed E-state index contributed by atoms with van der Waals surface area (Å²) in [7, 11) is 0. The molecule has 0 spiro atoms. The highest BCUT2D eigenvalue weighted by molar-refractivity contribution is 5.96. The Morgan fingerprint density at radius 2 is 1.61 bits per heavy atom. The van der Waals surface area contributed by atoms with E-state index in [1.165, 1.54) is 12.1 Å². The van der Waals surface area contributed by atoms with Crippen LogP contribution in [0.3, 0.4) is 0 Å². The maximum absolute atomic E-state index is 13.1. The molecule has 0 saturated carbocycles. The number of halogens is 1. The van der Waals surface area contributed by atoms with Crippen LogP contribution in [0.15, 0.2) is 24.3 Å². The van der Waals surface area contributed by atoms with Crippen molar-refractivity contribution in [2.45, 2.75) is 19.8 Å². The summed E-state index contributed by atoms with van der Waals surface area (Å²) in [5, 5.41) is 10.9. The molecule has 23 heavy (non-hydrogen) atoms. The van der Waals surface area contributed by atoms with Crippen LogP contribution in [0.2, 0.25) is 0 Å². The van der Waals surface area contributed by atoms with Gasteiger partial charge in [0.15, 0.2) is 5.92 Å². The van der Waals surface area contributed by atoms with Crippen LogP contribution in [0.4, 0.5) is 4.39 Å². The fourth-order valence-electron chi connectivity index (χ4n) is 2.16. The first-order chi connectivity index (χ1) is 10.9. The van der Waals surface area contributed by atoms with Crippen molar-refractivity contribution in [3.63, 3.8) is 0 Å². The van der Waals surface area contributed by atoms with Gasteiger partial charge in [0.2, 0.25) is 6.54 Å². The van der Waals surface area contributed by atoms with Crippen LogP contribution in [0.25, 0.3) is 0 Å². The van der Waals surface area contributed by atoms with Gasteiger partial charge in [-0.25, -0.2) is 4.39 Å². The van der Waals surface area contributed by atoms with Crippen molar-refractivity contribution in [2.24, 2.45) is 5.92 Å². The van der Waals surface area contributed by atoms with Crippen molar-refractivity contribution in [1.29, 1.82) is 0 Å². The van der Waals surface area contributed by atoms with E-state index >= 15 is 0 Å². The number of carbonyl (C=O) groups is 2. The lowest BCUT2D eigenvalue weighted by Crippen LogP contribution is -2.36. The first-order valence-corrected chi connectivity index (χ1v) is 7.11. The van der Waals surface area contributed by atoms with Crippen molar-refractivity contribution in [1.82, 2.24) is 0 Å². The molecule has 0 aromatic heterocycles. The molecule has 0 aliphatic rings. The van der Waals surface area contributed by atoms with Crippen LogP contribution >= 0.6 is 0 Å². The van der Waals surface area contributed by atoms with Gasteiger partial charge in [-0.15, -0.1) is 0 Å². The average Bonchev–Trinajstić information content (AvgIpc) is 2.47. The van der Waals surface area contributed by atoms with Crippen LogP contribution < -0.4 is 0 Å². The summed E-state index contributed by atoms with van der Waals surface area (Å²) in [6.45, 7) is 2.46. The maximum Gasteiger partial charge on any atom is 0.321 e. The van der Waals surface area contributed by atoms with Gasteiger partial charge in [-0.2, -0.15) is 0 Å². The topological polar surface area (TPSA) is 95.7 Å². The van der Waals surface area contributed by atoms with Crippen LogP contribution in [-0.2, 0) is 19.1 Å². The second-order valence-corrected chi connectivity index (χ2v) is 4.66. The molecule has 0 saturated heterocycles. The van der Waals surface area contributed by atoms with Gasteiger partial charge in [0.25, 0.3) is 0 Å². The number of benzene rings is 1. The van der Waals surface area contributed by atoms with Gasteiger partial charge >= 0.3 is 11.9 Å². The fraction of sp³-hybridized carbons (Fsp3) is 0.467. The zero-order chi connectivity index (χ0) is 17.4. The Morgan fingerprint density at radius 3 is 2.00 bits per heavy atom. The molecule has 1 unspecified atom stereocenters. The minimum absolute atomic E-state index is 0.0172. The first-order valence-electron chi connectivity index (χ1n) is 7.11. The highest BCUT2D eigenvalue weighted by atomic mass is 19.1. The predicted octanol–water partition coefficient (Wildman–Crippen LogP) is 1.93. The third kappa shape index (κ3) is 5.32. The molecule has 1 rings (SSSR count). The van der Waals surface area contributed by atoms with Gasteiger partial charge in [-0.1, -0.05) is 12.1 Å². The normalized spacial score (nSPS) is 11.8. The van der Waals surface area contributed by atoms with E-state index in [2.05, 4.69) is 0 Å². The summed E-state index contributed by atoms with van der Waals surface area (Å²) in [5.74, 6) is -4.92. The van der Waals surface area contributed by atoms with Crippen molar-refractivity contribution in [3.8, 4) is 0 Å². The monoisotopic (exact) mass is 327 g/mol. The van der Waals surface area contributed by atoms with E-state index < -0.39 is 41.1 Å². The number of nitrogens with zero attached hydrogens (tertiary/aromatic N) is 1. The second-order valence-electron chi connectivity index (χ2n) is 4.66. The molecule has 0 amide bonds. The molecule has 1 aromatic carbocycles. The molecule has 0 radical (unpaired) electrons. The summed E-state index contributed by atoms with van der Waals surface area (Å²) >= 11 is 0. The minimum Gasteiger partial charge on any atom is -0.465 e. The highest BCUT2D eigenvalue weighted by Crippen LogP contribution is 2.28. The number of rotatable bonds is 8. The van der Waals surface area contributed by atoms with Crippen molar-refractivity contribution in [3.05, 3.63) is 45.8 Å². The Kier molecular flexibility index (Phi) is 7.11. The first kappa shape index (κ1) is 18.5. The highest BCUT2D eigenvalue weighted by Gasteiger charge is 2.41. The number of carbonyl (C=O) groups excluding carboxylic acids is 2. The quantitative estimate of drug-likeness (QED) is 0.313. The fourth-order valence-corrected chi connectivity index (χ4v) is 2.16. The molecule has 1 aromatic rings. The van der Waals surface area contributed by atoms with E-state index in [0.29, 0.717) is 0 Å². The molecule has 8 heteroatoms. The van der Waals surface area contributed by atoms with Crippen molar-refractivity contribution < 1.29 is 28.4 Å². The van der Waals surface area contributed by atoms with E-state index in [4.69, 9.17) is 9.47 Å². The van der Waals surface area contributed by atoms with Gasteiger partial charge < -0.3 is 9.47 Å². The summed E-state index contributed by atoms with van der Waals surface area (Å²) in [5.41, 5.74) is 0.286. The van der Waals surface area contributed by atoms with E-state index in [9.17, 15) is 24.1 Å². The summed E-state index contributed by atoms with van der Waals surface area (Å²) in [6, 6.07) is 4.81. The largest absolute Gasteiger partial charge is 0.465 e. The predicted molar refractivity (Wildman–Crippen MR) is 77.8 cm³/mol. The van der Waals surface area contributed by atoms with Gasteiger partial charge in [0.05, 0.1) is 19.1 Å². The van der Waals surface area contributed by atoms with Crippen LogP contribution in [0.5, 0.6) is 0 Å². The summed E-state index contributed by atoms with van der Waals surface area (Å²) in [4.78, 5) is 34.5. The molecule has 1 atom stereocenters. The van der Waals surface area contributed by atoms with Gasteiger partial charge in [-0.05, 0) is 31.5 Å². The minimum atomic E-state index is -1.48. The van der Waals surface area contributed by atoms with E-state index in [1.807, 2.05) is 0 Å². The number of esters is 2. The molecule has 0 fully saturated rings. The van der Waals surface area contributed by atoms with Gasteiger partial charge in [0.1, 0.15) is 5.82 Å². The summed E-state index contributed by atoms with van der Waals surface area (Å²) in [6.07, 6.45) is 0. The van der Waals surface area contributed by atoms with Gasteiger partial charge in [-0.3, -0.25) is 19.7 Å². The zero-order valence-electron chi connectivity index (χ0n) is 12.9. The average molecular weight is 327 g/mol. The Hall–Kier alpha value is -2.51. The van der Waals surface area contributed by atoms with Crippen molar-refractivity contribution >= 4 is 11.9 Å². The van der Waals surface area contributed by atoms with Crippen molar-refractivity contribution in [2.75, 3.05) is 19.8 Å². The molecule has 126 valence electrons. The van der Waals surface area contributed by atoms with Gasteiger partial charge in [0, 0.05) is 4.92 Å². The Bertz CT molecular complexity index is 542. The zero-order valence-corrected chi connectivity index (χ0v) is 12.9. The molecule has 0 N–H and O–H groups in total. The van der Waals surface area contributed by atoms with Crippen LogP contribution in [-0.4, -0.2) is 36.6 Å². The SMILES string of the molecule is CCOC(=O)C(C(=O)OCC)C(C[N+](=O)[O-])c1ccc(F)cc1. The standard InChI is InChI=1S/C15H18FNO6/c1-3-22-14(18)13(15(19)23-4-2)12(9-17(20)21)10-5-7-11(16)8-6-10/h5-8,12-13H,3-4,9H2,1-2H3. The number of hydrogen-bond acceptors (Lipinski definition) is 6. The molecular weight excluding hydrogens is 309 g/mol.